The van der Waals surface area contributed by atoms with E-state index in [1.165, 1.54) is 5.56 Å². The van der Waals surface area contributed by atoms with Crippen LogP contribution in [0.3, 0.4) is 0 Å². The SMILES string of the molecule is CCOc1ccc(C2(CC)CNCCO2)cc1. The summed E-state index contributed by atoms with van der Waals surface area (Å²) in [5, 5.41) is 3.41. The lowest BCUT2D eigenvalue weighted by atomic mass is 9.90. The average Bonchev–Trinajstić information content (AvgIpc) is 2.41. The fourth-order valence-corrected chi connectivity index (χ4v) is 2.30. The summed E-state index contributed by atoms with van der Waals surface area (Å²) >= 11 is 0. The molecule has 1 fully saturated rings. The van der Waals surface area contributed by atoms with Crippen LogP contribution in [0.25, 0.3) is 0 Å². The lowest BCUT2D eigenvalue weighted by Crippen LogP contribution is -2.47. The Labute approximate surface area is 103 Å². The minimum absolute atomic E-state index is 0.164. The zero-order valence-electron chi connectivity index (χ0n) is 10.7. The highest BCUT2D eigenvalue weighted by Gasteiger charge is 2.33. The highest BCUT2D eigenvalue weighted by atomic mass is 16.5. The minimum Gasteiger partial charge on any atom is -0.494 e. The largest absolute Gasteiger partial charge is 0.494 e. The van der Waals surface area contributed by atoms with Crippen molar-refractivity contribution in [3.63, 3.8) is 0 Å². The monoisotopic (exact) mass is 235 g/mol. The summed E-state index contributed by atoms with van der Waals surface area (Å²) in [4.78, 5) is 0. The molecule has 0 aliphatic carbocycles. The molecule has 94 valence electrons. The second kappa shape index (κ2) is 5.52. The maximum atomic E-state index is 6.00. The summed E-state index contributed by atoms with van der Waals surface area (Å²) in [5.74, 6) is 0.922. The summed E-state index contributed by atoms with van der Waals surface area (Å²) in [6.07, 6.45) is 0.980. The van der Waals surface area contributed by atoms with Crippen molar-refractivity contribution in [2.75, 3.05) is 26.3 Å². The maximum Gasteiger partial charge on any atom is 0.119 e. The summed E-state index contributed by atoms with van der Waals surface area (Å²) in [7, 11) is 0. The van der Waals surface area contributed by atoms with Crippen molar-refractivity contribution in [1.29, 1.82) is 0 Å². The third-order valence-electron chi connectivity index (χ3n) is 3.33. The first-order chi connectivity index (χ1) is 8.30. The van der Waals surface area contributed by atoms with E-state index in [1.54, 1.807) is 0 Å². The molecule has 0 aromatic heterocycles. The molecule has 1 aromatic rings. The van der Waals surface area contributed by atoms with E-state index in [2.05, 4.69) is 24.4 Å². The second-order valence-electron chi connectivity index (χ2n) is 4.33. The lowest BCUT2D eigenvalue weighted by Gasteiger charge is -2.37. The Morgan fingerprint density at radius 3 is 2.59 bits per heavy atom. The van der Waals surface area contributed by atoms with Gasteiger partial charge in [-0.2, -0.15) is 0 Å². The van der Waals surface area contributed by atoms with Gasteiger partial charge in [-0.3, -0.25) is 0 Å². The first-order valence-corrected chi connectivity index (χ1v) is 6.39. The summed E-state index contributed by atoms with van der Waals surface area (Å²) in [6.45, 7) is 7.48. The molecule has 2 rings (SSSR count). The molecule has 0 radical (unpaired) electrons. The van der Waals surface area contributed by atoms with Crippen molar-refractivity contribution in [1.82, 2.24) is 5.32 Å². The van der Waals surface area contributed by atoms with Crippen LogP contribution in [0.4, 0.5) is 0 Å². The molecule has 3 heteroatoms. The van der Waals surface area contributed by atoms with Crippen LogP contribution in [0.1, 0.15) is 25.8 Å². The van der Waals surface area contributed by atoms with E-state index in [9.17, 15) is 0 Å². The number of hydrogen-bond acceptors (Lipinski definition) is 3. The van der Waals surface area contributed by atoms with Gasteiger partial charge in [0.1, 0.15) is 11.4 Å². The normalized spacial score (nSPS) is 24.6. The van der Waals surface area contributed by atoms with Crippen molar-refractivity contribution in [2.24, 2.45) is 0 Å². The van der Waals surface area contributed by atoms with E-state index in [1.807, 2.05) is 19.1 Å². The highest BCUT2D eigenvalue weighted by molar-refractivity contribution is 5.31. The molecule has 1 saturated heterocycles. The van der Waals surface area contributed by atoms with Crippen LogP contribution in [0, 0.1) is 0 Å². The number of morpholine rings is 1. The van der Waals surface area contributed by atoms with E-state index < -0.39 is 0 Å². The van der Waals surface area contributed by atoms with Gasteiger partial charge in [0.15, 0.2) is 0 Å². The Bertz CT molecular complexity index is 342. The zero-order chi connectivity index (χ0) is 12.1. The van der Waals surface area contributed by atoms with Crippen LogP contribution < -0.4 is 10.1 Å². The molecule has 1 aliphatic rings. The van der Waals surface area contributed by atoms with Gasteiger partial charge in [0.05, 0.1) is 13.2 Å². The molecule has 0 spiro atoms. The lowest BCUT2D eigenvalue weighted by molar-refractivity contribution is -0.0737. The molecule has 1 aliphatic heterocycles. The molecule has 1 N–H and O–H groups in total. The molecule has 3 nitrogen and oxygen atoms in total. The molecule has 0 bridgehead atoms. The predicted molar refractivity (Wildman–Crippen MR) is 68.4 cm³/mol. The van der Waals surface area contributed by atoms with Gasteiger partial charge < -0.3 is 14.8 Å². The molecule has 1 heterocycles. The van der Waals surface area contributed by atoms with Crippen LogP contribution >= 0.6 is 0 Å². The Hall–Kier alpha value is -1.06. The van der Waals surface area contributed by atoms with E-state index in [0.29, 0.717) is 6.61 Å². The molecule has 1 unspecified atom stereocenters. The van der Waals surface area contributed by atoms with Gasteiger partial charge >= 0.3 is 0 Å². The van der Waals surface area contributed by atoms with Crippen LogP contribution in [0.5, 0.6) is 5.75 Å². The van der Waals surface area contributed by atoms with Crippen molar-refractivity contribution in [3.8, 4) is 5.75 Å². The first-order valence-electron chi connectivity index (χ1n) is 6.39. The van der Waals surface area contributed by atoms with Crippen LogP contribution in [0.2, 0.25) is 0 Å². The second-order valence-corrected chi connectivity index (χ2v) is 4.33. The Kier molecular flexibility index (Phi) is 4.02. The predicted octanol–water partition coefficient (Wildman–Crippen LogP) is 2.31. The van der Waals surface area contributed by atoms with Crippen molar-refractivity contribution >= 4 is 0 Å². The topological polar surface area (TPSA) is 30.5 Å². The van der Waals surface area contributed by atoms with Crippen LogP contribution in [0.15, 0.2) is 24.3 Å². The number of hydrogen-bond donors (Lipinski definition) is 1. The standard InChI is InChI=1S/C14H21NO2/c1-3-14(11-15-9-10-17-14)12-5-7-13(8-6-12)16-4-2/h5-8,15H,3-4,9-11H2,1-2H3. The quantitative estimate of drug-likeness (QED) is 0.868. The zero-order valence-corrected chi connectivity index (χ0v) is 10.7. The molecule has 1 atom stereocenters. The third-order valence-corrected chi connectivity index (χ3v) is 3.33. The molecule has 1 aromatic carbocycles. The van der Waals surface area contributed by atoms with Gasteiger partial charge in [-0.15, -0.1) is 0 Å². The highest BCUT2D eigenvalue weighted by Crippen LogP contribution is 2.31. The first kappa shape index (κ1) is 12.4. The van der Waals surface area contributed by atoms with Crippen LogP contribution in [-0.2, 0) is 10.3 Å². The molecule has 0 saturated carbocycles. The fourth-order valence-electron chi connectivity index (χ4n) is 2.30. The van der Waals surface area contributed by atoms with Gasteiger partial charge in [-0.25, -0.2) is 0 Å². The Balaban J connectivity index is 2.18. The van der Waals surface area contributed by atoms with Gasteiger partial charge in [0.2, 0.25) is 0 Å². The van der Waals surface area contributed by atoms with Crippen molar-refractivity contribution < 1.29 is 9.47 Å². The summed E-state index contributed by atoms with van der Waals surface area (Å²) in [5.41, 5.74) is 1.07. The summed E-state index contributed by atoms with van der Waals surface area (Å²) in [6, 6.07) is 8.27. The fraction of sp³-hybridized carbons (Fsp3) is 0.571. The van der Waals surface area contributed by atoms with E-state index in [0.717, 1.165) is 31.9 Å². The average molecular weight is 235 g/mol. The van der Waals surface area contributed by atoms with Gasteiger partial charge in [0, 0.05) is 13.1 Å². The Morgan fingerprint density at radius 1 is 1.29 bits per heavy atom. The molecule has 0 amide bonds. The van der Waals surface area contributed by atoms with Crippen LogP contribution in [-0.4, -0.2) is 26.3 Å². The summed E-state index contributed by atoms with van der Waals surface area (Å²) < 4.78 is 11.5. The number of nitrogens with one attached hydrogen (secondary N) is 1. The van der Waals surface area contributed by atoms with E-state index in [4.69, 9.17) is 9.47 Å². The van der Waals surface area contributed by atoms with Gasteiger partial charge in [-0.1, -0.05) is 19.1 Å². The van der Waals surface area contributed by atoms with E-state index >= 15 is 0 Å². The third kappa shape index (κ3) is 2.61. The van der Waals surface area contributed by atoms with E-state index in [-0.39, 0.29) is 5.60 Å². The van der Waals surface area contributed by atoms with Crippen molar-refractivity contribution in [3.05, 3.63) is 29.8 Å². The number of rotatable bonds is 4. The maximum absolute atomic E-state index is 6.00. The molecular formula is C14H21NO2. The van der Waals surface area contributed by atoms with Gasteiger partial charge in [-0.05, 0) is 31.0 Å². The Morgan fingerprint density at radius 2 is 2.06 bits per heavy atom. The smallest absolute Gasteiger partial charge is 0.119 e. The van der Waals surface area contributed by atoms with Crippen molar-refractivity contribution in [2.45, 2.75) is 25.9 Å². The molecule has 17 heavy (non-hydrogen) atoms. The minimum atomic E-state index is -0.164. The number of ether oxygens (including phenoxy) is 2. The van der Waals surface area contributed by atoms with Gasteiger partial charge in [0.25, 0.3) is 0 Å². The molecular weight excluding hydrogens is 214 g/mol. The number of benzene rings is 1.